The van der Waals surface area contributed by atoms with Crippen LogP contribution < -0.4 is 15.8 Å². The van der Waals surface area contributed by atoms with Crippen LogP contribution in [0.1, 0.15) is 38.5 Å². The van der Waals surface area contributed by atoms with Crippen LogP contribution in [0.4, 0.5) is 18.9 Å². The number of carbonyl (C=O) groups is 2. The lowest BCUT2D eigenvalue weighted by molar-refractivity contribution is -0.192. The first-order chi connectivity index (χ1) is 17.4. The van der Waals surface area contributed by atoms with Gasteiger partial charge in [0.15, 0.2) is 0 Å². The van der Waals surface area contributed by atoms with Crippen LogP contribution in [0, 0.1) is 23.2 Å². The quantitative estimate of drug-likeness (QED) is 0.479. The second kappa shape index (κ2) is 10.5. The maximum absolute atomic E-state index is 13.5. The van der Waals surface area contributed by atoms with Crippen LogP contribution in [-0.2, 0) is 16.6 Å². The van der Waals surface area contributed by atoms with Gasteiger partial charge in [0.1, 0.15) is 12.4 Å². The number of amides is 1. The van der Waals surface area contributed by atoms with E-state index in [2.05, 4.69) is 10.4 Å². The molecule has 0 unspecified atom stereocenters. The highest BCUT2D eigenvalue weighted by Crippen LogP contribution is 2.60. The SMILES string of the molecule is Cn1ncc(Cl)c1-c1cc(NC(=O)C23CC4CC(CC(C4)C2)C3)ccc1OCCN.O=C(O)C(F)(F)F. The van der Waals surface area contributed by atoms with Crippen molar-refractivity contribution in [3.63, 3.8) is 0 Å². The fourth-order valence-corrected chi connectivity index (χ4v) is 6.72. The van der Waals surface area contributed by atoms with E-state index in [4.69, 9.17) is 32.0 Å². The number of hydrogen-bond acceptors (Lipinski definition) is 5. The zero-order valence-corrected chi connectivity index (χ0v) is 21.1. The monoisotopic (exact) mass is 542 g/mol. The number of benzene rings is 1. The molecule has 4 aliphatic rings. The zero-order valence-electron chi connectivity index (χ0n) is 20.4. The number of carboxylic acids is 1. The van der Waals surface area contributed by atoms with Gasteiger partial charge in [-0.3, -0.25) is 9.48 Å². The Labute approximate surface area is 217 Å². The summed E-state index contributed by atoms with van der Waals surface area (Å²) in [6.07, 6.45) is 3.63. The maximum atomic E-state index is 13.5. The molecule has 4 saturated carbocycles. The summed E-state index contributed by atoms with van der Waals surface area (Å²) in [5.41, 5.74) is 7.76. The smallest absolute Gasteiger partial charge is 0.490 e. The largest absolute Gasteiger partial charge is 0.492 e. The second-order valence-corrected chi connectivity index (χ2v) is 10.7. The summed E-state index contributed by atoms with van der Waals surface area (Å²) in [7, 11) is 1.84. The Kier molecular flexibility index (Phi) is 7.75. The maximum Gasteiger partial charge on any atom is 0.490 e. The topological polar surface area (TPSA) is 119 Å². The third-order valence-corrected chi connectivity index (χ3v) is 7.80. The summed E-state index contributed by atoms with van der Waals surface area (Å²) < 4.78 is 39.3. The first-order valence-corrected chi connectivity index (χ1v) is 12.6. The molecule has 4 fully saturated rings. The number of carbonyl (C=O) groups excluding carboxylic acids is 1. The summed E-state index contributed by atoms with van der Waals surface area (Å²) >= 11 is 6.40. The van der Waals surface area contributed by atoms with Crippen molar-refractivity contribution < 1.29 is 32.6 Å². The van der Waals surface area contributed by atoms with Gasteiger partial charge in [0, 0.05) is 24.8 Å². The molecule has 4 N–H and O–H groups in total. The number of carboxylic acid groups (broad SMARTS) is 1. The van der Waals surface area contributed by atoms with E-state index in [0.29, 0.717) is 23.9 Å². The van der Waals surface area contributed by atoms with E-state index in [0.717, 1.165) is 54.0 Å². The van der Waals surface area contributed by atoms with Gasteiger partial charge in [-0.1, -0.05) is 11.6 Å². The molecular formula is C25H30ClF3N4O4. The molecule has 1 aromatic carbocycles. The molecule has 1 heterocycles. The number of alkyl halides is 3. The van der Waals surface area contributed by atoms with Crippen molar-refractivity contribution in [3.05, 3.63) is 29.4 Å². The van der Waals surface area contributed by atoms with Crippen molar-refractivity contribution in [3.8, 4) is 17.0 Å². The molecule has 0 spiro atoms. The van der Waals surface area contributed by atoms with Crippen molar-refractivity contribution in [2.75, 3.05) is 18.5 Å². The minimum Gasteiger partial charge on any atom is -0.492 e. The molecule has 0 aliphatic heterocycles. The average molecular weight is 543 g/mol. The number of anilines is 1. The van der Waals surface area contributed by atoms with E-state index < -0.39 is 12.1 Å². The summed E-state index contributed by atoms with van der Waals surface area (Å²) in [5, 5.41) is 15.1. The number of rotatable bonds is 6. The number of hydrogen-bond donors (Lipinski definition) is 3. The summed E-state index contributed by atoms with van der Waals surface area (Å²) in [4.78, 5) is 22.3. The van der Waals surface area contributed by atoms with Crippen LogP contribution in [0.25, 0.3) is 11.3 Å². The van der Waals surface area contributed by atoms with Gasteiger partial charge in [-0.2, -0.15) is 18.3 Å². The lowest BCUT2D eigenvalue weighted by atomic mass is 9.49. The molecule has 37 heavy (non-hydrogen) atoms. The number of aromatic nitrogens is 2. The molecular weight excluding hydrogens is 513 g/mol. The predicted molar refractivity (Wildman–Crippen MR) is 131 cm³/mol. The zero-order chi connectivity index (χ0) is 27.0. The summed E-state index contributed by atoms with van der Waals surface area (Å²) in [6, 6.07) is 5.72. The summed E-state index contributed by atoms with van der Waals surface area (Å²) in [6.45, 7) is 0.824. The Morgan fingerprint density at radius 3 is 2.24 bits per heavy atom. The molecule has 1 aromatic heterocycles. The Hall–Kier alpha value is -2.79. The van der Waals surface area contributed by atoms with Crippen molar-refractivity contribution in [2.24, 2.45) is 36.0 Å². The first-order valence-electron chi connectivity index (χ1n) is 12.2. The van der Waals surface area contributed by atoms with Gasteiger partial charge in [0.05, 0.1) is 22.3 Å². The predicted octanol–water partition coefficient (Wildman–Crippen LogP) is 4.87. The van der Waals surface area contributed by atoms with Gasteiger partial charge in [0.25, 0.3) is 0 Å². The van der Waals surface area contributed by atoms with Gasteiger partial charge in [-0.25, -0.2) is 4.79 Å². The van der Waals surface area contributed by atoms with Gasteiger partial charge in [-0.15, -0.1) is 0 Å². The molecule has 0 atom stereocenters. The molecule has 12 heteroatoms. The Morgan fingerprint density at radius 2 is 1.78 bits per heavy atom. The minimum atomic E-state index is -5.08. The van der Waals surface area contributed by atoms with E-state index in [-0.39, 0.29) is 11.3 Å². The third-order valence-electron chi connectivity index (χ3n) is 7.52. The van der Waals surface area contributed by atoms with Crippen molar-refractivity contribution in [1.29, 1.82) is 0 Å². The third kappa shape index (κ3) is 5.87. The van der Waals surface area contributed by atoms with Crippen LogP contribution in [0.2, 0.25) is 5.02 Å². The van der Waals surface area contributed by atoms with E-state index in [1.807, 2.05) is 25.2 Å². The Balaban J connectivity index is 0.000000405. The lowest BCUT2D eigenvalue weighted by Gasteiger charge is -2.55. The molecule has 2 aromatic rings. The van der Waals surface area contributed by atoms with Gasteiger partial charge >= 0.3 is 12.1 Å². The second-order valence-electron chi connectivity index (χ2n) is 10.3. The molecule has 4 aliphatic carbocycles. The number of aliphatic carboxylic acids is 1. The van der Waals surface area contributed by atoms with Crippen LogP contribution >= 0.6 is 11.6 Å². The van der Waals surface area contributed by atoms with Crippen LogP contribution in [0.15, 0.2) is 24.4 Å². The van der Waals surface area contributed by atoms with Gasteiger partial charge in [0.2, 0.25) is 5.91 Å². The average Bonchev–Trinajstić information content (AvgIpc) is 3.14. The number of nitrogens with one attached hydrogen (secondary N) is 1. The number of nitrogens with two attached hydrogens (primary N) is 1. The number of aryl methyl sites for hydroxylation is 1. The first kappa shape index (κ1) is 27.3. The standard InChI is InChI=1S/C23H29ClN4O2.C2HF3O2/c1-28-21(19(24)13-26-28)18-9-17(2-3-20(18)30-5-4-25)27-22(29)23-10-14-6-15(11-23)8-16(7-14)12-23;3-2(4,5)1(6)7/h2-3,9,13-16H,4-8,10-12,25H2,1H3,(H,27,29);(H,6,7). The fourth-order valence-electron chi connectivity index (χ4n) is 6.45. The molecule has 0 saturated heterocycles. The fraction of sp³-hybridized carbons (Fsp3) is 0.560. The van der Waals surface area contributed by atoms with Crippen molar-refractivity contribution in [1.82, 2.24) is 9.78 Å². The highest BCUT2D eigenvalue weighted by molar-refractivity contribution is 6.33. The van der Waals surface area contributed by atoms with Crippen LogP contribution in [0.3, 0.4) is 0 Å². The molecule has 6 rings (SSSR count). The molecule has 8 nitrogen and oxygen atoms in total. The Bertz CT molecular complexity index is 1110. The molecule has 202 valence electrons. The summed E-state index contributed by atoms with van der Waals surface area (Å²) in [5.74, 6) is 0.305. The molecule has 1 amide bonds. The number of nitrogens with zero attached hydrogens (tertiary/aromatic N) is 2. The lowest BCUT2D eigenvalue weighted by Crippen LogP contribution is -2.51. The van der Waals surface area contributed by atoms with Crippen LogP contribution in [-0.4, -0.2) is 46.1 Å². The van der Waals surface area contributed by atoms with Gasteiger partial charge < -0.3 is 20.9 Å². The normalized spacial score (nSPS) is 25.8. The Morgan fingerprint density at radius 1 is 1.22 bits per heavy atom. The number of halogens is 4. The van der Waals surface area contributed by atoms with Gasteiger partial charge in [-0.05, 0) is 74.5 Å². The number of ether oxygens (including phenoxy) is 1. The van der Waals surface area contributed by atoms with Crippen molar-refractivity contribution in [2.45, 2.75) is 44.7 Å². The molecule has 4 bridgehead atoms. The van der Waals surface area contributed by atoms with Crippen LogP contribution in [0.5, 0.6) is 5.75 Å². The van der Waals surface area contributed by atoms with E-state index in [9.17, 15) is 18.0 Å². The van der Waals surface area contributed by atoms with E-state index >= 15 is 0 Å². The molecule has 0 radical (unpaired) electrons. The highest BCUT2D eigenvalue weighted by atomic mass is 35.5. The minimum absolute atomic E-state index is 0.180. The van der Waals surface area contributed by atoms with E-state index in [1.165, 1.54) is 19.3 Å². The van der Waals surface area contributed by atoms with E-state index in [1.54, 1.807) is 10.9 Å². The highest BCUT2D eigenvalue weighted by Gasteiger charge is 2.54. The van der Waals surface area contributed by atoms with Crippen molar-refractivity contribution >= 4 is 29.2 Å².